The van der Waals surface area contributed by atoms with Gasteiger partial charge in [-0.2, -0.15) is 10.2 Å². The first-order valence-corrected chi connectivity index (χ1v) is 9.61. The molecule has 0 spiro atoms. The summed E-state index contributed by atoms with van der Waals surface area (Å²) in [5.74, 6) is -0.407. The molecule has 1 aliphatic heterocycles. The van der Waals surface area contributed by atoms with Crippen LogP contribution in [0.1, 0.15) is 84.9 Å². The lowest BCUT2D eigenvalue weighted by molar-refractivity contribution is 0.0321. The summed E-state index contributed by atoms with van der Waals surface area (Å²) in [5.41, 5.74) is 0.235. The summed E-state index contributed by atoms with van der Waals surface area (Å²) in [5, 5.41) is 9.35. The molecule has 1 aromatic rings. The van der Waals surface area contributed by atoms with Gasteiger partial charge in [-0.3, -0.25) is 9.59 Å². The Morgan fingerprint density at radius 1 is 0.840 bits per heavy atom. The average molecular weight is 339 g/mol. The van der Waals surface area contributed by atoms with Gasteiger partial charge in [-0.1, -0.05) is 37.8 Å². The predicted octanol–water partition coefficient (Wildman–Crippen LogP) is 4.73. The topological polar surface area (TPSA) is 62.1 Å². The van der Waals surface area contributed by atoms with Gasteiger partial charge in [0, 0.05) is 0 Å². The fourth-order valence-corrected chi connectivity index (χ4v) is 4.44. The van der Waals surface area contributed by atoms with E-state index in [4.69, 9.17) is 5.11 Å². The number of benzene rings is 1. The third-order valence-electron chi connectivity index (χ3n) is 5.85. The standard InChI is InChI=1S/C20H25N3O2/c24-18-16-11-5-6-12-17(16)19(25)23(18)20(13-7-2-8-14-20)22-21-15-9-3-1-4-10-15/h5-6,11-12,15H,1-4,7-10,13-14H2. The Labute approximate surface area is 148 Å². The van der Waals surface area contributed by atoms with E-state index in [1.54, 1.807) is 12.1 Å². The van der Waals surface area contributed by atoms with Crippen molar-refractivity contribution in [2.75, 3.05) is 0 Å². The summed E-state index contributed by atoms with van der Waals surface area (Å²) in [6, 6.07) is 7.35. The summed E-state index contributed by atoms with van der Waals surface area (Å²) in [4.78, 5) is 27.4. The number of amides is 2. The molecule has 0 atom stereocenters. The maximum Gasteiger partial charge on any atom is 0.263 e. The number of carbonyl (C=O) groups is 2. The van der Waals surface area contributed by atoms with Crippen molar-refractivity contribution in [1.29, 1.82) is 0 Å². The van der Waals surface area contributed by atoms with Gasteiger partial charge in [0.15, 0.2) is 5.66 Å². The number of fused-ring (bicyclic) bond motifs is 1. The van der Waals surface area contributed by atoms with E-state index < -0.39 is 5.66 Å². The Morgan fingerprint density at radius 2 is 1.40 bits per heavy atom. The summed E-state index contributed by atoms with van der Waals surface area (Å²) in [6.07, 6.45) is 10.4. The summed E-state index contributed by atoms with van der Waals surface area (Å²) < 4.78 is 0. The molecule has 0 unspecified atom stereocenters. The molecule has 1 heterocycles. The van der Waals surface area contributed by atoms with Crippen LogP contribution in [0.5, 0.6) is 0 Å². The van der Waals surface area contributed by atoms with Crippen LogP contribution >= 0.6 is 0 Å². The van der Waals surface area contributed by atoms with Crippen molar-refractivity contribution < 1.29 is 9.59 Å². The average Bonchev–Trinajstić information content (AvgIpc) is 2.93. The number of nitrogens with zero attached hydrogens (tertiary/aromatic N) is 3. The number of rotatable bonds is 3. The minimum atomic E-state index is -0.775. The second-order valence-corrected chi connectivity index (χ2v) is 7.54. The van der Waals surface area contributed by atoms with Crippen LogP contribution in [0.15, 0.2) is 34.5 Å². The van der Waals surface area contributed by atoms with Crippen molar-refractivity contribution in [3.63, 3.8) is 0 Å². The molecular weight excluding hydrogens is 314 g/mol. The smallest absolute Gasteiger partial charge is 0.263 e. The van der Waals surface area contributed by atoms with Gasteiger partial charge < -0.3 is 0 Å². The lowest BCUT2D eigenvalue weighted by atomic mass is 9.88. The quantitative estimate of drug-likeness (QED) is 0.590. The number of carbonyl (C=O) groups excluding carboxylic acids is 2. The van der Waals surface area contributed by atoms with Crippen LogP contribution in [0, 0.1) is 0 Å². The van der Waals surface area contributed by atoms with Crippen LogP contribution in [-0.2, 0) is 0 Å². The van der Waals surface area contributed by atoms with Crippen molar-refractivity contribution in [2.24, 2.45) is 10.2 Å². The van der Waals surface area contributed by atoms with Crippen molar-refractivity contribution in [1.82, 2.24) is 4.90 Å². The molecule has 5 nitrogen and oxygen atoms in total. The molecule has 4 rings (SSSR count). The molecule has 0 aromatic heterocycles. The van der Waals surface area contributed by atoms with Crippen LogP contribution in [0.2, 0.25) is 0 Å². The molecule has 2 saturated carbocycles. The fourth-order valence-electron chi connectivity index (χ4n) is 4.44. The van der Waals surface area contributed by atoms with E-state index in [-0.39, 0.29) is 17.9 Å². The second kappa shape index (κ2) is 6.70. The molecular formula is C20H25N3O2. The molecule has 3 aliphatic rings. The van der Waals surface area contributed by atoms with E-state index in [2.05, 4.69) is 5.11 Å². The Bertz CT molecular complexity index is 666. The first-order chi connectivity index (χ1) is 12.2. The SMILES string of the molecule is O=C1c2ccccc2C(=O)N1C1(N=NC2CCCCC2)CCCCC1. The number of hydrogen-bond acceptors (Lipinski definition) is 4. The van der Waals surface area contributed by atoms with Crippen LogP contribution in [0.4, 0.5) is 0 Å². The zero-order chi connectivity index (χ0) is 17.3. The normalized spacial score (nSPS) is 24.1. The second-order valence-electron chi connectivity index (χ2n) is 7.54. The fraction of sp³-hybridized carbons (Fsp3) is 0.600. The molecule has 2 amide bonds. The lowest BCUT2D eigenvalue weighted by Gasteiger charge is -2.39. The van der Waals surface area contributed by atoms with E-state index in [1.165, 1.54) is 24.2 Å². The van der Waals surface area contributed by atoms with E-state index in [0.29, 0.717) is 11.1 Å². The number of hydrogen-bond donors (Lipinski definition) is 0. The van der Waals surface area contributed by atoms with Crippen LogP contribution in [-0.4, -0.2) is 28.4 Å². The molecule has 0 saturated heterocycles. The largest absolute Gasteiger partial charge is 0.268 e. The predicted molar refractivity (Wildman–Crippen MR) is 94.5 cm³/mol. The Kier molecular flexibility index (Phi) is 4.40. The van der Waals surface area contributed by atoms with Crippen molar-refractivity contribution >= 4 is 11.8 Å². The van der Waals surface area contributed by atoms with E-state index in [1.807, 2.05) is 12.1 Å². The molecule has 1 aromatic carbocycles. The van der Waals surface area contributed by atoms with Crippen LogP contribution in [0.25, 0.3) is 0 Å². The Balaban J connectivity index is 1.66. The van der Waals surface area contributed by atoms with E-state index in [9.17, 15) is 9.59 Å². The Hall–Kier alpha value is -2.04. The molecule has 0 radical (unpaired) electrons. The van der Waals surface area contributed by atoms with Crippen molar-refractivity contribution in [3.8, 4) is 0 Å². The highest BCUT2D eigenvalue weighted by Crippen LogP contribution is 2.40. The first-order valence-electron chi connectivity index (χ1n) is 9.61. The van der Waals surface area contributed by atoms with Gasteiger partial charge in [0.1, 0.15) is 0 Å². The van der Waals surface area contributed by atoms with Gasteiger partial charge >= 0.3 is 0 Å². The van der Waals surface area contributed by atoms with Crippen LogP contribution in [0.3, 0.4) is 0 Å². The highest BCUT2D eigenvalue weighted by molar-refractivity contribution is 6.21. The molecule has 132 valence electrons. The zero-order valence-corrected chi connectivity index (χ0v) is 14.6. The highest BCUT2D eigenvalue weighted by atomic mass is 16.2. The zero-order valence-electron chi connectivity index (χ0n) is 14.6. The third-order valence-corrected chi connectivity index (χ3v) is 5.85. The minimum absolute atomic E-state index is 0.204. The molecule has 2 aliphatic carbocycles. The first kappa shape index (κ1) is 16.4. The molecule has 0 bridgehead atoms. The summed E-state index contributed by atoms with van der Waals surface area (Å²) in [7, 11) is 0. The maximum absolute atomic E-state index is 13.0. The third kappa shape index (κ3) is 2.90. The van der Waals surface area contributed by atoms with E-state index >= 15 is 0 Å². The van der Waals surface area contributed by atoms with Crippen LogP contribution < -0.4 is 0 Å². The summed E-state index contributed by atoms with van der Waals surface area (Å²) >= 11 is 0. The molecule has 5 heteroatoms. The van der Waals surface area contributed by atoms with Gasteiger partial charge in [0.25, 0.3) is 11.8 Å². The van der Waals surface area contributed by atoms with Gasteiger partial charge in [-0.25, -0.2) is 4.90 Å². The minimum Gasteiger partial charge on any atom is -0.268 e. The molecule has 2 fully saturated rings. The van der Waals surface area contributed by atoms with Crippen molar-refractivity contribution in [2.45, 2.75) is 75.9 Å². The highest BCUT2D eigenvalue weighted by Gasteiger charge is 2.50. The lowest BCUT2D eigenvalue weighted by Crippen LogP contribution is -2.51. The van der Waals surface area contributed by atoms with E-state index in [0.717, 1.165) is 44.9 Å². The molecule has 25 heavy (non-hydrogen) atoms. The molecule has 0 N–H and O–H groups in total. The van der Waals surface area contributed by atoms with Gasteiger partial charge in [-0.15, -0.1) is 0 Å². The maximum atomic E-state index is 13.0. The summed E-state index contributed by atoms with van der Waals surface area (Å²) in [6.45, 7) is 0. The Morgan fingerprint density at radius 3 is 2.00 bits per heavy atom. The number of imide groups is 1. The van der Waals surface area contributed by atoms with Gasteiger partial charge in [0.2, 0.25) is 0 Å². The van der Waals surface area contributed by atoms with Gasteiger partial charge in [-0.05, 0) is 50.7 Å². The van der Waals surface area contributed by atoms with Gasteiger partial charge in [0.05, 0.1) is 17.2 Å². The number of azo groups is 1. The van der Waals surface area contributed by atoms with Crippen molar-refractivity contribution in [3.05, 3.63) is 35.4 Å². The monoisotopic (exact) mass is 339 g/mol.